The molecule has 4 aromatic rings. The van der Waals surface area contributed by atoms with Gasteiger partial charge in [-0.3, -0.25) is 14.2 Å². The Balaban J connectivity index is 1.23. The number of para-hydroxylation sites is 2. The van der Waals surface area contributed by atoms with Gasteiger partial charge in [0.1, 0.15) is 5.82 Å². The minimum atomic E-state index is -0.348. The number of carbonyl (C=O) groups is 1. The third kappa shape index (κ3) is 6.26. The van der Waals surface area contributed by atoms with Gasteiger partial charge in [0, 0.05) is 66.0 Å². The summed E-state index contributed by atoms with van der Waals surface area (Å²) < 4.78 is 10.2. The molecule has 0 bridgehead atoms. The van der Waals surface area contributed by atoms with Crippen molar-refractivity contribution in [3.63, 3.8) is 0 Å². The summed E-state index contributed by atoms with van der Waals surface area (Å²) in [5.41, 5.74) is 3.86. The fraction of sp³-hybridized carbons (Fsp3) is 0.455. The zero-order valence-electron chi connectivity index (χ0n) is 25.1. The van der Waals surface area contributed by atoms with Gasteiger partial charge in [-0.25, -0.2) is 9.78 Å². The average molecular weight is 572 g/mol. The van der Waals surface area contributed by atoms with Crippen LogP contribution in [0.2, 0.25) is 0 Å². The minimum absolute atomic E-state index is 0.174. The van der Waals surface area contributed by atoms with Crippen molar-refractivity contribution in [3.8, 4) is 11.1 Å². The van der Waals surface area contributed by atoms with Crippen LogP contribution >= 0.6 is 0 Å². The Morgan fingerprint density at radius 3 is 2.62 bits per heavy atom. The molecule has 222 valence electrons. The molecule has 0 saturated carbocycles. The monoisotopic (exact) mass is 571 g/mol. The van der Waals surface area contributed by atoms with Gasteiger partial charge in [0.05, 0.1) is 16.6 Å². The van der Waals surface area contributed by atoms with Crippen molar-refractivity contribution in [1.29, 1.82) is 0 Å². The Kier molecular flexibility index (Phi) is 9.06. The summed E-state index contributed by atoms with van der Waals surface area (Å²) in [6.45, 7) is 5.15. The molecule has 1 fully saturated rings. The first kappa shape index (κ1) is 29.5. The quantitative estimate of drug-likeness (QED) is 0.267. The zero-order valence-corrected chi connectivity index (χ0v) is 25.1. The van der Waals surface area contributed by atoms with Gasteiger partial charge >= 0.3 is 5.69 Å². The molecular formula is C33H41N5O4. The number of ether oxygens (including phenoxy) is 1. The highest BCUT2D eigenvalue weighted by Gasteiger charge is 2.29. The molecule has 5 rings (SSSR count). The molecule has 9 heteroatoms. The van der Waals surface area contributed by atoms with E-state index in [0.717, 1.165) is 71.3 Å². The maximum absolute atomic E-state index is 13.4. The fourth-order valence-corrected chi connectivity index (χ4v) is 6.15. The number of amides is 1. The summed E-state index contributed by atoms with van der Waals surface area (Å²) in [5.74, 6) is 1.66. The van der Waals surface area contributed by atoms with E-state index < -0.39 is 0 Å². The Bertz CT molecular complexity index is 1670. The molecule has 0 aliphatic carbocycles. The number of carbonyl (C=O) groups excluding carboxylic acids is 1. The van der Waals surface area contributed by atoms with Crippen molar-refractivity contribution in [2.75, 3.05) is 26.8 Å². The predicted octanol–water partition coefficient (Wildman–Crippen LogP) is 4.11. The number of likely N-dealkylation sites (tertiary alicyclic amines) is 1. The Hall–Kier alpha value is -3.98. The summed E-state index contributed by atoms with van der Waals surface area (Å²) in [6.07, 6.45) is 5.75. The molecule has 1 saturated heterocycles. The second kappa shape index (κ2) is 12.9. The first-order valence-corrected chi connectivity index (χ1v) is 14.8. The Labute approximate surface area is 246 Å². The molecule has 0 spiro atoms. The number of aromatic nitrogens is 4. The van der Waals surface area contributed by atoms with Crippen LogP contribution in [-0.4, -0.2) is 56.3 Å². The normalized spacial score (nSPS) is 16.2. The number of benzene rings is 2. The van der Waals surface area contributed by atoms with E-state index in [-0.39, 0.29) is 29.0 Å². The van der Waals surface area contributed by atoms with E-state index in [9.17, 15) is 14.4 Å². The molecule has 2 aromatic heterocycles. The van der Waals surface area contributed by atoms with Gasteiger partial charge in [0.15, 0.2) is 0 Å². The lowest BCUT2D eigenvalue weighted by Crippen LogP contribution is -2.40. The maximum Gasteiger partial charge on any atom is 0.330 e. The number of piperidine rings is 1. The third-order valence-corrected chi connectivity index (χ3v) is 8.37. The third-order valence-electron chi connectivity index (χ3n) is 8.37. The topological polar surface area (TPSA) is 91.4 Å². The van der Waals surface area contributed by atoms with Crippen LogP contribution in [0.4, 0.5) is 0 Å². The zero-order chi connectivity index (χ0) is 29.8. The summed E-state index contributed by atoms with van der Waals surface area (Å²) in [4.78, 5) is 45.1. The Morgan fingerprint density at radius 1 is 1.10 bits per heavy atom. The highest BCUT2D eigenvalue weighted by Crippen LogP contribution is 2.30. The van der Waals surface area contributed by atoms with E-state index in [1.807, 2.05) is 35.2 Å². The average Bonchev–Trinajstić information content (AvgIpc) is 3.37. The van der Waals surface area contributed by atoms with Crippen molar-refractivity contribution < 1.29 is 9.53 Å². The highest BCUT2D eigenvalue weighted by molar-refractivity contribution is 5.77. The van der Waals surface area contributed by atoms with Gasteiger partial charge in [-0.2, -0.15) is 0 Å². The highest BCUT2D eigenvalue weighted by atomic mass is 16.5. The second-order valence-corrected chi connectivity index (χ2v) is 11.6. The number of fused-ring (bicyclic) bond motifs is 1. The van der Waals surface area contributed by atoms with E-state index in [4.69, 9.17) is 9.72 Å². The molecule has 1 amide bonds. The van der Waals surface area contributed by atoms with Crippen LogP contribution in [0.25, 0.3) is 22.2 Å². The number of imidazole rings is 1. The van der Waals surface area contributed by atoms with Crippen LogP contribution in [0.3, 0.4) is 0 Å². The smallest absolute Gasteiger partial charge is 0.330 e. The summed E-state index contributed by atoms with van der Waals surface area (Å²) in [5, 5.41) is 0. The standard InChI is InChI=1S/C33H41N5O4/c1-23(19-24-12-14-25(15-13-24)27-22-35(2)33(41)36(3)32(27)40)20-30(39)37-16-7-9-26(21-37)31-34-28-10-5-6-11-29(28)38(31)17-8-18-42-4/h5-6,10-15,22-23,26H,7-9,16-21H2,1-4H3/t23-,26-/m1/s1. The second-order valence-electron chi connectivity index (χ2n) is 11.6. The number of aryl methyl sites for hydroxylation is 2. The minimum Gasteiger partial charge on any atom is -0.385 e. The lowest BCUT2D eigenvalue weighted by atomic mass is 9.94. The molecule has 0 radical (unpaired) electrons. The fourth-order valence-electron chi connectivity index (χ4n) is 6.15. The molecule has 9 nitrogen and oxygen atoms in total. The van der Waals surface area contributed by atoms with E-state index in [0.29, 0.717) is 25.1 Å². The SMILES string of the molecule is COCCCn1c([C@@H]2CCCN(C(=O)C[C@H](C)Cc3ccc(-c4cn(C)c(=O)n(C)c4=O)cc3)C2)nc2ccccc21. The van der Waals surface area contributed by atoms with Gasteiger partial charge in [-0.05, 0) is 54.9 Å². The number of hydrogen-bond donors (Lipinski definition) is 0. The van der Waals surface area contributed by atoms with E-state index >= 15 is 0 Å². The van der Waals surface area contributed by atoms with Gasteiger partial charge in [0.2, 0.25) is 5.91 Å². The number of nitrogens with zero attached hydrogens (tertiary/aromatic N) is 5. The lowest BCUT2D eigenvalue weighted by molar-refractivity contribution is -0.133. The summed E-state index contributed by atoms with van der Waals surface area (Å²) >= 11 is 0. The molecule has 42 heavy (non-hydrogen) atoms. The lowest BCUT2D eigenvalue weighted by Gasteiger charge is -2.33. The summed E-state index contributed by atoms with van der Waals surface area (Å²) in [7, 11) is 4.86. The van der Waals surface area contributed by atoms with Crippen LogP contribution in [0.15, 0.2) is 64.3 Å². The van der Waals surface area contributed by atoms with Gasteiger partial charge in [0.25, 0.3) is 5.56 Å². The van der Waals surface area contributed by atoms with Crippen LogP contribution in [0, 0.1) is 5.92 Å². The van der Waals surface area contributed by atoms with Crippen LogP contribution < -0.4 is 11.2 Å². The molecule has 0 unspecified atom stereocenters. The van der Waals surface area contributed by atoms with Gasteiger partial charge in [-0.15, -0.1) is 0 Å². The molecule has 2 atom stereocenters. The molecule has 3 heterocycles. The first-order chi connectivity index (χ1) is 20.3. The van der Waals surface area contributed by atoms with Crippen LogP contribution in [0.1, 0.15) is 49.9 Å². The van der Waals surface area contributed by atoms with Crippen molar-refractivity contribution >= 4 is 16.9 Å². The summed E-state index contributed by atoms with van der Waals surface area (Å²) in [6, 6.07) is 16.1. The van der Waals surface area contributed by atoms with Crippen LogP contribution in [0.5, 0.6) is 0 Å². The number of hydrogen-bond acceptors (Lipinski definition) is 5. The largest absolute Gasteiger partial charge is 0.385 e. The van der Waals surface area contributed by atoms with Crippen molar-refractivity contribution in [1.82, 2.24) is 23.6 Å². The first-order valence-electron chi connectivity index (χ1n) is 14.8. The Morgan fingerprint density at radius 2 is 1.86 bits per heavy atom. The molecular weight excluding hydrogens is 530 g/mol. The molecule has 1 aliphatic rings. The van der Waals surface area contributed by atoms with E-state index in [2.05, 4.69) is 29.7 Å². The van der Waals surface area contributed by atoms with Crippen molar-refractivity contribution in [2.45, 2.75) is 51.5 Å². The van der Waals surface area contributed by atoms with Crippen molar-refractivity contribution in [2.24, 2.45) is 20.0 Å². The predicted molar refractivity (Wildman–Crippen MR) is 165 cm³/mol. The van der Waals surface area contributed by atoms with Crippen molar-refractivity contribution in [3.05, 3.63) is 87.0 Å². The van der Waals surface area contributed by atoms with E-state index in [1.165, 1.54) is 11.6 Å². The number of rotatable bonds is 10. The number of methoxy groups -OCH3 is 1. The van der Waals surface area contributed by atoms with Gasteiger partial charge in [-0.1, -0.05) is 43.3 Å². The van der Waals surface area contributed by atoms with Crippen LogP contribution in [-0.2, 0) is 36.6 Å². The maximum atomic E-state index is 13.4. The molecule has 1 aliphatic heterocycles. The van der Waals surface area contributed by atoms with Gasteiger partial charge < -0.3 is 18.8 Å². The molecule has 0 N–H and O–H groups in total. The van der Waals surface area contributed by atoms with E-state index in [1.54, 1.807) is 20.4 Å². The molecule has 2 aromatic carbocycles.